The Kier molecular flexibility index (Phi) is 6.04. The smallest absolute Gasteiger partial charge is 0.394 e. The molecule has 0 fully saturated rings. The third kappa shape index (κ3) is 5.31. The summed E-state index contributed by atoms with van der Waals surface area (Å²) in [5, 5.41) is 0.243. The number of aromatic nitrogens is 1. The summed E-state index contributed by atoms with van der Waals surface area (Å²) in [5.74, 6) is -0.669. The second kappa shape index (κ2) is 8.37. The topological polar surface area (TPSA) is 85.4 Å². The van der Waals surface area contributed by atoms with Crippen LogP contribution in [-0.4, -0.2) is 25.3 Å². The molecule has 156 valence electrons. The van der Waals surface area contributed by atoms with Gasteiger partial charge in [-0.15, -0.1) is 0 Å². The molecule has 1 N–H and O–H groups in total. The number of hydrogen-bond acceptors (Lipinski definition) is 5. The van der Waals surface area contributed by atoms with Gasteiger partial charge in [-0.25, -0.2) is 8.42 Å². The van der Waals surface area contributed by atoms with Crippen molar-refractivity contribution in [2.45, 2.75) is 17.9 Å². The predicted molar refractivity (Wildman–Crippen MR) is 108 cm³/mol. The van der Waals surface area contributed by atoms with Crippen molar-refractivity contribution in [3.8, 4) is 5.75 Å². The Morgan fingerprint density at radius 3 is 2.43 bits per heavy atom. The maximum atomic E-state index is 12.9. The van der Waals surface area contributed by atoms with E-state index in [0.29, 0.717) is 6.92 Å². The molecule has 3 rings (SSSR count). The summed E-state index contributed by atoms with van der Waals surface area (Å²) in [5.41, 5.74) is 0.292. The third-order valence-corrected chi connectivity index (χ3v) is 5.44. The Morgan fingerprint density at radius 2 is 1.83 bits per heavy atom. The fourth-order valence-electron chi connectivity index (χ4n) is 2.54. The highest BCUT2D eigenvalue weighted by Crippen LogP contribution is 2.27. The van der Waals surface area contributed by atoms with E-state index in [1.54, 1.807) is 6.07 Å². The number of halogens is 3. The first-order chi connectivity index (χ1) is 14.0. The fourth-order valence-corrected chi connectivity index (χ4v) is 3.80. The minimum absolute atomic E-state index is 0.00803. The number of hydrogen-bond donors (Lipinski definition) is 1. The highest BCUT2D eigenvalue weighted by atomic mass is 35.5. The van der Waals surface area contributed by atoms with E-state index in [1.807, 2.05) is 0 Å². The molecule has 0 saturated heterocycles. The summed E-state index contributed by atoms with van der Waals surface area (Å²) in [7, 11) is -4.13. The van der Waals surface area contributed by atoms with Crippen LogP contribution in [0.3, 0.4) is 0 Å². The molecule has 0 aliphatic rings. The summed E-state index contributed by atoms with van der Waals surface area (Å²) < 4.78 is 58.0. The highest BCUT2D eigenvalue weighted by Gasteiger charge is 2.24. The lowest BCUT2D eigenvalue weighted by Crippen LogP contribution is -2.19. The molecule has 10 heteroatoms. The van der Waals surface area contributed by atoms with Gasteiger partial charge in [0.15, 0.2) is 5.78 Å². The predicted octanol–water partition coefficient (Wildman–Crippen LogP) is 4.76. The number of nitrogens with zero attached hydrogens (tertiary/aromatic N) is 1. The number of benzene rings is 2. The van der Waals surface area contributed by atoms with E-state index in [2.05, 4.69) is 14.4 Å². The second-order valence-electron chi connectivity index (χ2n) is 6.25. The lowest BCUT2D eigenvalue weighted by Gasteiger charge is -2.14. The summed E-state index contributed by atoms with van der Waals surface area (Å²) in [6.07, 6.45) is -0.548. The molecule has 30 heavy (non-hydrogen) atoms. The maximum absolute atomic E-state index is 12.9. The van der Waals surface area contributed by atoms with Gasteiger partial charge in [0.05, 0.1) is 10.6 Å². The van der Waals surface area contributed by atoms with Crippen LogP contribution in [0.5, 0.6) is 5.75 Å². The number of nitrogens with one attached hydrogen (secondary N) is 1. The average Bonchev–Trinajstić information content (AvgIpc) is 2.68. The van der Waals surface area contributed by atoms with Gasteiger partial charge in [-0.3, -0.25) is 14.5 Å². The van der Waals surface area contributed by atoms with Crippen LogP contribution in [0.1, 0.15) is 22.8 Å². The average molecular weight is 453 g/mol. The maximum Gasteiger partial charge on any atom is 0.394 e. The van der Waals surface area contributed by atoms with E-state index in [4.69, 9.17) is 11.6 Å². The van der Waals surface area contributed by atoms with Crippen LogP contribution in [0.2, 0.25) is 5.02 Å². The molecule has 1 aromatic heterocycles. The van der Waals surface area contributed by atoms with Crippen LogP contribution in [0, 0.1) is 0 Å². The van der Waals surface area contributed by atoms with Crippen LogP contribution in [0.15, 0.2) is 71.9 Å². The number of sulfonamides is 1. The van der Waals surface area contributed by atoms with Gasteiger partial charge in [0, 0.05) is 35.5 Å². The molecule has 0 aliphatic carbocycles. The van der Waals surface area contributed by atoms with Gasteiger partial charge in [-0.1, -0.05) is 11.6 Å². The van der Waals surface area contributed by atoms with Crippen molar-refractivity contribution in [1.29, 1.82) is 0 Å². The van der Waals surface area contributed by atoms with Gasteiger partial charge in [0.1, 0.15) is 5.75 Å². The first-order valence-corrected chi connectivity index (χ1v) is 10.4. The molecular formula is C20H15ClF2N2O4S. The number of pyridine rings is 1. The van der Waals surface area contributed by atoms with E-state index in [9.17, 15) is 22.0 Å². The van der Waals surface area contributed by atoms with Crippen molar-refractivity contribution in [1.82, 2.24) is 4.98 Å². The molecule has 0 aliphatic heterocycles. The van der Waals surface area contributed by atoms with E-state index >= 15 is 0 Å². The number of carbonyl (C=O) groups excluding carboxylic acids is 1. The molecule has 3 aromatic rings. The van der Waals surface area contributed by atoms with Gasteiger partial charge >= 0.3 is 6.11 Å². The van der Waals surface area contributed by atoms with Crippen molar-refractivity contribution in [2.24, 2.45) is 0 Å². The van der Waals surface area contributed by atoms with E-state index in [-0.39, 0.29) is 32.5 Å². The van der Waals surface area contributed by atoms with E-state index < -0.39 is 21.9 Å². The molecule has 0 amide bonds. The van der Waals surface area contributed by atoms with E-state index in [0.717, 1.165) is 24.3 Å². The zero-order valence-electron chi connectivity index (χ0n) is 15.5. The van der Waals surface area contributed by atoms with Crippen LogP contribution in [-0.2, 0) is 10.0 Å². The molecule has 0 spiro atoms. The van der Waals surface area contributed by atoms with Gasteiger partial charge in [0.25, 0.3) is 10.0 Å². The first kappa shape index (κ1) is 21.7. The largest absolute Gasteiger partial charge is 0.433 e. The SMILES string of the molecule is CC(F)(F)Oc1ccc(S(=O)(=O)Nc2ccc(Cl)cc2C(=O)c2cccnc2)cc1. The molecule has 0 radical (unpaired) electrons. The van der Waals surface area contributed by atoms with Crippen LogP contribution < -0.4 is 9.46 Å². The lowest BCUT2D eigenvalue weighted by molar-refractivity contribution is -0.158. The van der Waals surface area contributed by atoms with Crippen molar-refractivity contribution >= 4 is 33.1 Å². The highest BCUT2D eigenvalue weighted by molar-refractivity contribution is 7.92. The molecule has 2 aromatic carbocycles. The Balaban J connectivity index is 1.91. The van der Waals surface area contributed by atoms with Crippen molar-refractivity contribution in [3.05, 3.63) is 83.1 Å². The standard InChI is InChI=1S/C20H15ClF2N2O4S/c1-20(22,23)29-15-5-7-16(8-6-15)30(27,28)25-18-9-4-14(21)11-17(18)19(26)13-3-2-10-24-12-13/h2-12,25H,1H3. The number of carbonyl (C=O) groups is 1. The summed E-state index contributed by atoms with van der Waals surface area (Å²) in [4.78, 5) is 16.5. The fraction of sp³-hybridized carbons (Fsp3) is 0.100. The summed E-state index contributed by atoms with van der Waals surface area (Å²) in [6, 6.07) is 11.7. The number of anilines is 1. The van der Waals surface area contributed by atoms with Crippen LogP contribution in [0.25, 0.3) is 0 Å². The molecule has 0 atom stereocenters. The van der Waals surface area contributed by atoms with Gasteiger partial charge in [0.2, 0.25) is 0 Å². The Labute approximate surface area is 176 Å². The number of alkyl halides is 2. The second-order valence-corrected chi connectivity index (χ2v) is 8.37. The minimum atomic E-state index is -4.13. The van der Waals surface area contributed by atoms with Gasteiger partial charge in [-0.05, 0) is 54.6 Å². The third-order valence-electron chi connectivity index (χ3n) is 3.83. The van der Waals surface area contributed by atoms with Gasteiger partial charge < -0.3 is 4.74 Å². The lowest BCUT2D eigenvalue weighted by atomic mass is 10.0. The number of ether oxygens (including phenoxy) is 1. The molecule has 0 bridgehead atoms. The number of ketones is 1. The van der Waals surface area contributed by atoms with E-state index in [1.165, 1.54) is 36.7 Å². The van der Waals surface area contributed by atoms with Crippen LogP contribution in [0.4, 0.5) is 14.5 Å². The molecule has 0 unspecified atom stereocenters. The zero-order valence-corrected chi connectivity index (χ0v) is 17.0. The molecule has 6 nitrogen and oxygen atoms in total. The normalized spacial score (nSPS) is 11.7. The zero-order chi connectivity index (χ0) is 21.9. The Bertz CT molecular complexity index is 1170. The molecular weight excluding hydrogens is 438 g/mol. The van der Waals surface area contributed by atoms with Crippen molar-refractivity contribution < 1.29 is 26.7 Å². The Morgan fingerprint density at radius 1 is 1.13 bits per heavy atom. The van der Waals surface area contributed by atoms with Crippen LogP contribution >= 0.6 is 11.6 Å². The summed E-state index contributed by atoms with van der Waals surface area (Å²) >= 11 is 5.99. The monoisotopic (exact) mass is 452 g/mol. The van der Waals surface area contributed by atoms with Crippen molar-refractivity contribution in [2.75, 3.05) is 4.72 Å². The molecule has 1 heterocycles. The quantitative estimate of drug-likeness (QED) is 0.522. The van der Waals surface area contributed by atoms with Gasteiger partial charge in [-0.2, -0.15) is 8.78 Å². The Hall–Kier alpha value is -3.04. The molecule has 0 saturated carbocycles. The summed E-state index contributed by atoms with van der Waals surface area (Å²) in [6.45, 7) is 0.570. The van der Waals surface area contributed by atoms with Crippen molar-refractivity contribution in [3.63, 3.8) is 0 Å². The minimum Gasteiger partial charge on any atom is -0.433 e. The first-order valence-electron chi connectivity index (χ1n) is 8.49. The number of rotatable bonds is 7.